The first-order valence-corrected chi connectivity index (χ1v) is 8.10. The smallest absolute Gasteiger partial charge is 0.222 e. The van der Waals surface area contributed by atoms with Gasteiger partial charge in [-0.25, -0.2) is 4.39 Å². The average Bonchev–Trinajstić information content (AvgIpc) is 2.90. The minimum absolute atomic E-state index is 0.0206. The van der Waals surface area contributed by atoms with E-state index in [0.29, 0.717) is 6.54 Å². The Morgan fingerprint density at radius 2 is 1.88 bits per heavy atom. The average molecular weight is 324 g/mol. The number of hydrogen-bond donors (Lipinski definition) is 2. The molecule has 124 valence electrons. The molecule has 0 aliphatic carbocycles. The van der Waals surface area contributed by atoms with Crippen LogP contribution in [0.4, 0.5) is 4.39 Å². The molecular weight excluding hydrogens is 303 g/mol. The van der Waals surface area contributed by atoms with Gasteiger partial charge in [-0.1, -0.05) is 19.9 Å². The zero-order valence-electron chi connectivity index (χ0n) is 14.1. The van der Waals surface area contributed by atoms with Crippen molar-refractivity contribution < 1.29 is 9.18 Å². The van der Waals surface area contributed by atoms with Crippen molar-refractivity contribution in [3.8, 4) is 11.3 Å². The fourth-order valence-corrected chi connectivity index (χ4v) is 2.78. The summed E-state index contributed by atoms with van der Waals surface area (Å²) in [5.74, 6) is -0.212. The maximum Gasteiger partial charge on any atom is 0.222 e. The minimum Gasteiger partial charge on any atom is -0.354 e. The van der Waals surface area contributed by atoms with Crippen LogP contribution in [0, 0.1) is 18.7 Å². The van der Waals surface area contributed by atoms with E-state index in [4.69, 9.17) is 0 Å². The van der Waals surface area contributed by atoms with Crippen LogP contribution in [0.5, 0.6) is 0 Å². The summed E-state index contributed by atoms with van der Waals surface area (Å²) in [5, 5.41) is 4.05. The normalized spacial score (nSPS) is 11.2. The Hall–Kier alpha value is -2.62. The first kappa shape index (κ1) is 16.2. The van der Waals surface area contributed by atoms with Crippen LogP contribution in [0.2, 0.25) is 0 Å². The Morgan fingerprint density at radius 3 is 2.54 bits per heavy atom. The quantitative estimate of drug-likeness (QED) is 0.726. The molecule has 0 bridgehead atoms. The van der Waals surface area contributed by atoms with Gasteiger partial charge in [0.25, 0.3) is 0 Å². The molecule has 3 rings (SSSR count). The maximum absolute atomic E-state index is 13.1. The van der Waals surface area contributed by atoms with Crippen LogP contribution in [0.3, 0.4) is 0 Å². The van der Waals surface area contributed by atoms with E-state index in [1.165, 1.54) is 12.1 Å². The molecule has 0 aliphatic heterocycles. The zero-order chi connectivity index (χ0) is 17.3. The van der Waals surface area contributed by atoms with E-state index in [1.807, 2.05) is 32.9 Å². The molecule has 0 unspecified atom stereocenters. The van der Waals surface area contributed by atoms with E-state index in [0.717, 1.165) is 33.3 Å². The van der Waals surface area contributed by atoms with Gasteiger partial charge in [-0.15, -0.1) is 0 Å². The lowest BCUT2D eigenvalue weighted by Gasteiger charge is -2.07. The number of aromatic amines is 1. The zero-order valence-corrected chi connectivity index (χ0v) is 14.1. The Kier molecular flexibility index (Phi) is 4.38. The fourth-order valence-electron chi connectivity index (χ4n) is 2.78. The third-order valence-corrected chi connectivity index (χ3v) is 4.25. The second kappa shape index (κ2) is 6.48. The summed E-state index contributed by atoms with van der Waals surface area (Å²) >= 11 is 0. The first-order chi connectivity index (χ1) is 11.5. The van der Waals surface area contributed by atoms with Gasteiger partial charge in [-0.3, -0.25) is 4.79 Å². The third kappa shape index (κ3) is 3.18. The molecule has 0 atom stereocenters. The Balaban J connectivity index is 1.91. The number of aryl methyl sites for hydroxylation is 1. The first-order valence-electron chi connectivity index (χ1n) is 8.10. The van der Waals surface area contributed by atoms with Crippen molar-refractivity contribution in [3.05, 3.63) is 59.4 Å². The topological polar surface area (TPSA) is 44.9 Å². The summed E-state index contributed by atoms with van der Waals surface area (Å²) in [7, 11) is 0. The summed E-state index contributed by atoms with van der Waals surface area (Å²) in [6.45, 7) is 6.32. The van der Waals surface area contributed by atoms with E-state index in [9.17, 15) is 9.18 Å². The SMILES string of the molecule is Cc1c(-c2ccc(F)cc2)[nH]c2ccc(CNC(=O)C(C)C)cc12. The molecule has 0 saturated heterocycles. The number of fused-ring (bicyclic) bond motifs is 1. The number of halogens is 1. The highest BCUT2D eigenvalue weighted by atomic mass is 19.1. The number of rotatable bonds is 4. The number of benzene rings is 2. The lowest BCUT2D eigenvalue weighted by molar-refractivity contribution is -0.124. The Labute approximate surface area is 140 Å². The highest BCUT2D eigenvalue weighted by Crippen LogP contribution is 2.30. The van der Waals surface area contributed by atoms with Crippen LogP contribution in [0.15, 0.2) is 42.5 Å². The molecule has 24 heavy (non-hydrogen) atoms. The Morgan fingerprint density at radius 1 is 1.17 bits per heavy atom. The molecule has 0 aliphatic rings. The second-order valence-electron chi connectivity index (χ2n) is 6.38. The Bertz CT molecular complexity index is 879. The van der Waals surface area contributed by atoms with Crippen molar-refractivity contribution >= 4 is 16.8 Å². The van der Waals surface area contributed by atoms with Gasteiger partial charge >= 0.3 is 0 Å². The van der Waals surface area contributed by atoms with E-state index in [2.05, 4.69) is 16.4 Å². The van der Waals surface area contributed by atoms with Crippen molar-refractivity contribution in [1.29, 1.82) is 0 Å². The fraction of sp³-hybridized carbons (Fsp3) is 0.250. The molecular formula is C20H21FN2O. The predicted molar refractivity (Wildman–Crippen MR) is 95.1 cm³/mol. The molecule has 3 aromatic rings. The largest absolute Gasteiger partial charge is 0.354 e. The number of H-pyrrole nitrogens is 1. The minimum atomic E-state index is -0.240. The van der Waals surface area contributed by atoms with Gasteiger partial charge in [-0.2, -0.15) is 0 Å². The molecule has 0 radical (unpaired) electrons. The molecule has 2 aromatic carbocycles. The number of hydrogen-bond acceptors (Lipinski definition) is 1. The molecule has 1 heterocycles. The molecule has 1 aromatic heterocycles. The van der Waals surface area contributed by atoms with E-state index >= 15 is 0 Å². The van der Waals surface area contributed by atoms with Crippen LogP contribution in [0.25, 0.3) is 22.2 Å². The van der Waals surface area contributed by atoms with Crippen molar-refractivity contribution in [2.75, 3.05) is 0 Å². The van der Waals surface area contributed by atoms with Gasteiger partial charge in [0, 0.05) is 29.1 Å². The molecule has 0 saturated carbocycles. The van der Waals surface area contributed by atoms with Gasteiger partial charge in [0.2, 0.25) is 5.91 Å². The maximum atomic E-state index is 13.1. The van der Waals surface area contributed by atoms with Crippen LogP contribution < -0.4 is 5.32 Å². The number of carbonyl (C=O) groups is 1. The lowest BCUT2D eigenvalue weighted by Crippen LogP contribution is -2.27. The number of aromatic nitrogens is 1. The summed E-state index contributed by atoms with van der Waals surface area (Å²) in [4.78, 5) is 15.1. The standard InChI is InChI=1S/C20H21FN2O/c1-12(2)20(24)22-11-14-4-9-18-17(10-14)13(3)19(23-18)15-5-7-16(21)8-6-15/h4-10,12,23H,11H2,1-3H3,(H,22,24). The highest BCUT2D eigenvalue weighted by molar-refractivity contribution is 5.91. The van der Waals surface area contributed by atoms with Gasteiger partial charge in [0.05, 0.1) is 0 Å². The van der Waals surface area contributed by atoms with E-state index in [1.54, 1.807) is 12.1 Å². The van der Waals surface area contributed by atoms with Gasteiger partial charge in [0.15, 0.2) is 0 Å². The second-order valence-corrected chi connectivity index (χ2v) is 6.38. The lowest BCUT2D eigenvalue weighted by atomic mass is 10.0. The molecule has 0 spiro atoms. The van der Waals surface area contributed by atoms with Crippen molar-refractivity contribution in [2.24, 2.45) is 5.92 Å². The number of amides is 1. The van der Waals surface area contributed by atoms with Crippen molar-refractivity contribution in [2.45, 2.75) is 27.3 Å². The monoisotopic (exact) mass is 324 g/mol. The van der Waals surface area contributed by atoms with E-state index in [-0.39, 0.29) is 17.6 Å². The summed E-state index contributed by atoms with van der Waals surface area (Å²) in [6.07, 6.45) is 0. The molecule has 0 fully saturated rings. The van der Waals surface area contributed by atoms with Crippen molar-refractivity contribution in [1.82, 2.24) is 10.3 Å². The molecule has 2 N–H and O–H groups in total. The van der Waals surface area contributed by atoms with E-state index < -0.39 is 0 Å². The molecule has 4 heteroatoms. The van der Waals surface area contributed by atoms with Gasteiger partial charge < -0.3 is 10.3 Å². The predicted octanol–water partition coefficient (Wildman–Crippen LogP) is 4.55. The molecule has 1 amide bonds. The summed E-state index contributed by atoms with van der Waals surface area (Å²) in [6, 6.07) is 12.6. The molecule has 3 nitrogen and oxygen atoms in total. The number of nitrogens with one attached hydrogen (secondary N) is 2. The highest BCUT2D eigenvalue weighted by Gasteiger charge is 2.11. The van der Waals surface area contributed by atoms with Crippen LogP contribution >= 0.6 is 0 Å². The third-order valence-electron chi connectivity index (χ3n) is 4.25. The summed E-state index contributed by atoms with van der Waals surface area (Å²) < 4.78 is 13.1. The van der Waals surface area contributed by atoms with Crippen LogP contribution in [-0.4, -0.2) is 10.9 Å². The van der Waals surface area contributed by atoms with Crippen LogP contribution in [0.1, 0.15) is 25.0 Å². The van der Waals surface area contributed by atoms with Gasteiger partial charge in [0.1, 0.15) is 5.82 Å². The van der Waals surface area contributed by atoms with Crippen molar-refractivity contribution in [3.63, 3.8) is 0 Å². The summed E-state index contributed by atoms with van der Waals surface area (Å²) in [5.41, 5.74) is 5.16. The van der Waals surface area contributed by atoms with Gasteiger partial charge in [-0.05, 0) is 60.0 Å². The van der Waals surface area contributed by atoms with Crippen LogP contribution in [-0.2, 0) is 11.3 Å². The number of carbonyl (C=O) groups excluding carboxylic acids is 1.